The standard InChI is InChI=1S/C45H75O14P/c1-3-5-7-8-9-10-11-12-13-17-20-23-27-31-38(46)55-33-35(34-56-60(53,54)59-45-43(51)41(49)40(48)42(50)44(45)52)57-39(47)32-28-24-21-18-15-14-16-19-22-26-30-37-36(58-37)29-25-6-4-2/h7-8,10-11,14,16,18,21-22,26,35-37,40-45,48-52H,3-6,9,12-13,15,17,19-20,23-25,27-34H2,1-2H3,(H,53,54)/b8-7-,11-10-,16-14-,21-18-,26-22-/t35-,36?,37?,40?,41-,42+,43-,44-,45?/m1/s1. The maximum atomic E-state index is 12.8. The van der Waals surface area contributed by atoms with Gasteiger partial charge in [-0.25, -0.2) is 4.57 Å². The van der Waals surface area contributed by atoms with Gasteiger partial charge in [0.25, 0.3) is 0 Å². The maximum Gasteiger partial charge on any atom is 0.472 e. The van der Waals surface area contributed by atoms with Gasteiger partial charge in [0.05, 0.1) is 18.8 Å². The minimum absolute atomic E-state index is 0.0111. The van der Waals surface area contributed by atoms with E-state index in [1.165, 1.54) is 19.3 Å². The summed E-state index contributed by atoms with van der Waals surface area (Å²) in [4.78, 5) is 35.6. The summed E-state index contributed by atoms with van der Waals surface area (Å²) in [7, 11) is -5.14. The molecular formula is C45H75O14P. The molecule has 5 unspecified atom stereocenters. The van der Waals surface area contributed by atoms with Crippen molar-refractivity contribution >= 4 is 19.8 Å². The van der Waals surface area contributed by atoms with Crippen LogP contribution in [0.4, 0.5) is 0 Å². The highest BCUT2D eigenvalue weighted by atomic mass is 31.2. The molecule has 1 heterocycles. The van der Waals surface area contributed by atoms with Gasteiger partial charge in [-0.05, 0) is 70.6 Å². The third-order valence-electron chi connectivity index (χ3n) is 10.2. The molecule has 0 amide bonds. The Balaban J connectivity index is 1.75. The molecule has 15 heteroatoms. The number of carbonyl (C=O) groups is 2. The highest BCUT2D eigenvalue weighted by Crippen LogP contribution is 2.47. The molecule has 0 aromatic carbocycles. The van der Waals surface area contributed by atoms with Crippen LogP contribution in [0.3, 0.4) is 0 Å². The van der Waals surface area contributed by atoms with Gasteiger partial charge in [-0.2, -0.15) is 0 Å². The van der Waals surface area contributed by atoms with Crippen molar-refractivity contribution in [1.82, 2.24) is 0 Å². The number of epoxide rings is 1. The zero-order chi connectivity index (χ0) is 44.0. The summed E-state index contributed by atoms with van der Waals surface area (Å²) in [6.45, 7) is 3.12. The zero-order valence-electron chi connectivity index (χ0n) is 35.9. The van der Waals surface area contributed by atoms with Crippen LogP contribution in [0.5, 0.6) is 0 Å². The highest BCUT2D eigenvalue weighted by molar-refractivity contribution is 7.47. The van der Waals surface area contributed by atoms with Gasteiger partial charge < -0.3 is 44.6 Å². The van der Waals surface area contributed by atoms with E-state index in [0.717, 1.165) is 77.0 Å². The minimum Gasteiger partial charge on any atom is -0.462 e. The van der Waals surface area contributed by atoms with Gasteiger partial charge in [0, 0.05) is 12.8 Å². The lowest BCUT2D eigenvalue weighted by molar-refractivity contribution is -0.220. The fourth-order valence-corrected chi connectivity index (χ4v) is 7.50. The van der Waals surface area contributed by atoms with E-state index in [0.29, 0.717) is 31.5 Å². The third kappa shape index (κ3) is 24.2. The molecular weight excluding hydrogens is 795 g/mol. The molecule has 2 fully saturated rings. The number of ether oxygens (including phenoxy) is 3. The van der Waals surface area contributed by atoms with Crippen molar-refractivity contribution in [1.29, 1.82) is 0 Å². The van der Waals surface area contributed by atoms with Gasteiger partial charge in [-0.3, -0.25) is 18.6 Å². The largest absolute Gasteiger partial charge is 0.472 e. The summed E-state index contributed by atoms with van der Waals surface area (Å²) in [6.07, 6.45) is 26.0. The first-order chi connectivity index (χ1) is 28.9. The summed E-state index contributed by atoms with van der Waals surface area (Å²) in [6, 6.07) is 0. The van der Waals surface area contributed by atoms with E-state index in [9.17, 15) is 44.6 Å². The molecule has 1 aliphatic heterocycles. The van der Waals surface area contributed by atoms with E-state index in [-0.39, 0.29) is 12.8 Å². The average Bonchev–Trinajstić information content (AvgIpc) is 3.98. The minimum atomic E-state index is -5.14. The van der Waals surface area contributed by atoms with E-state index >= 15 is 0 Å². The summed E-state index contributed by atoms with van der Waals surface area (Å²) in [5, 5.41) is 50.1. The molecule has 10 atom stereocenters. The van der Waals surface area contributed by atoms with Crippen molar-refractivity contribution in [3.63, 3.8) is 0 Å². The molecule has 0 aromatic heterocycles. The van der Waals surface area contributed by atoms with Crippen LogP contribution in [0.15, 0.2) is 60.8 Å². The van der Waals surface area contributed by atoms with E-state index < -0.39 is 75.7 Å². The number of allylic oxidation sites excluding steroid dienone is 9. The Hall–Kier alpha value is -2.49. The monoisotopic (exact) mass is 870 g/mol. The van der Waals surface area contributed by atoms with Crippen LogP contribution >= 0.6 is 7.82 Å². The van der Waals surface area contributed by atoms with Crippen LogP contribution in [-0.4, -0.2) is 111 Å². The Morgan fingerprint density at radius 3 is 1.80 bits per heavy atom. The first-order valence-electron chi connectivity index (χ1n) is 22.2. The Bertz CT molecular complexity index is 1350. The SMILES string of the molecule is CCC/C=C\C/C=C\CCCCCCCC(=O)OC[C@H](COP(=O)(O)OC1[C@H](O)[C@H](O)C(O)[C@H](O)[C@H]1O)OC(=O)CCC/C=C\C/C=C\C/C=C\CC1OC1CCCCC. The second-order valence-corrected chi connectivity index (χ2v) is 17.0. The molecule has 60 heavy (non-hydrogen) atoms. The highest BCUT2D eigenvalue weighted by Gasteiger charge is 2.51. The topological polar surface area (TPSA) is 222 Å². The normalized spacial score (nSPS) is 26.1. The number of phosphoric acid groups is 1. The van der Waals surface area contributed by atoms with Crippen LogP contribution in [-0.2, 0) is 37.4 Å². The fraction of sp³-hybridized carbons (Fsp3) is 0.733. The molecule has 0 spiro atoms. The smallest absolute Gasteiger partial charge is 0.462 e. The molecule has 6 N–H and O–H groups in total. The van der Waals surface area contributed by atoms with Crippen molar-refractivity contribution in [3.05, 3.63) is 60.8 Å². The number of aliphatic hydroxyl groups is 5. The number of unbranched alkanes of at least 4 members (excludes halogenated alkanes) is 9. The number of esters is 2. The Kier molecular flexibility index (Phi) is 28.8. The molecule has 2 aliphatic rings. The molecule has 1 saturated carbocycles. The lowest BCUT2D eigenvalue weighted by atomic mass is 9.85. The molecule has 1 saturated heterocycles. The van der Waals surface area contributed by atoms with Crippen LogP contribution < -0.4 is 0 Å². The fourth-order valence-electron chi connectivity index (χ4n) is 6.53. The van der Waals surface area contributed by atoms with Crippen LogP contribution in [0, 0.1) is 0 Å². The van der Waals surface area contributed by atoms with Crippen molar-refractivity contribution in [2.75, 3.05) is 13.2 Å². The molecule has 344 valence electrons. The Morgan fingerprint density at radius 1 is 0.600 bits per heavy atom. The van der Waals surface area contributed by atoms with Crippen molar-refractivity contribution in [3.8, 4) is 0 Å². The van der Waals surface area contributed by atoms with Gasteiger partial charge in [0.15, 0.2) is 6.10 Å². The Morgan fingerprint density at radius 2 is 1.15 bits per heavy atom. The van der Waals surface area contributed by atoms with Crippen molar-refractivity contribution < 1.29 is 67.8 Å². The Labute approximate surface area is 358 Å². The molecule has 0 aromatic rings. The van der Waals surface area contributed by atoms with E-state index in [2.05, 4.69) is 62.5 Å². The average molecular weight is 871 g/mol. The van der Waals surface area contributed by atoms with Crippen LogP contribution in [0.1, 0.15) is 142 Å². The second-order valence-electron chi connectivity index (χ2n) is 15.6. The predicted molar refractivity (Wildman–Crippen MR) is 230 cm³/mol. The number of rotatable bonds is 34. The summed E-state index contributed by atoms with van der Waals surface area (Å²) >= 11 is 0. The molecule has 14 nitrogen and oxygen atoms in total. The van der Waals surface area contributed by atoms with Gasteiger partial charge in [0.2, 0.25) is 0 Å². The first kappa shape index (κ1) is 53.6. The van der Waals surface area contributed by atoms with Crippen molar-refractivity contribution in [2.45, 2.75) is 197 Å². The van der Waals surface area contributed by atoms with Gasteiger partial charge >= 0.3 is 19.8 Å². The molecule has 0 bridgehead atoms. The zero-order valence-corrected chi connectivity index (χ0v) is 36.8. The van der Waals surface area contributed by atoms with Gasteiger partial charge in [-0.15, -0.1) is 0 Å². The predicted octanol–water partition coefficient (Wildman–Crippen LogP) is 7.15. The number of aliphatic hydroxyl groups excluding tert-OH is 5. The summed E-state index contributed by atoms with van der Waals surface area (Å²) in [5.41, 5.74) is 0. The quantitative estimate of drug-likeness (QED) is 0.0124. The van der Waals surface area contributed by atoms with E-state index in [1.54, 1.807) is 0 Å². The third-order valence-corrected chi connectivity index (χ3v) is 11.2. The number of hydrogen-bond donors (Lipinski definition) is 6. The maximum absolute atomic E-state index is 12.8. The second kappa shape index (κ2) is 32.2. The molecule has 0 radical (unpaired) electrons. The van der Waals surface area contributed by atoms with Gasteiger partial charge in [-0.1, -0.05) is 120 Å². The molecule has 1 aliphatic carbocycles. The molecule has 2 rings (SSSR count). The lowest BCUT2D eigenvalue weighted by Gasteiger charge is -2.41. The van der Waals surface area contributed by atoms with E-state index in [1.807, 2.05) is 12.2 Å². The van der Waals surface area contributed by atoms with Crippen molar-refractivity contribution in [2.24, 2.45) is 0 Å². The number of carbonyl (C=O) groups excluding carboxylic acids is 2. The first-order valence-corrected chi connectivity index (χ1v) is 23.7. The summed E-state index contributed by atoms with van der Waals surface area (Å²) < 4.78 is 39.1. The number of hydrogen-bond acceptors (Lipinski definition) is 13. The van der Waals surface area contributed by atoms with Crippen LogP contribution in [0.25, 0.3) is 0 Å². The number of phosphoric ester groups is 1. The summed E-state index contributed by atoms with van der Waals surface area (Å²) in [5.74, 6) is -1.19. The van der Waals surface area contributed by atoms with Crippen LogP contribution in [0.2, 0.25) is 0 Å². The van der Waals surface area contributed by atoms with Gasteiger partial charge in [0.1, 0.15) is 43.2 Å². The lowest BCUT2D eigenvalue weighted by Crippen LogP contribution is -2.64. The van der Waals surface area contributed by atoms with E-state index in [4.69, 9.17) is 23.3 Å².